The molecule has 156 valence electrons. The Kier molecular flexibility index (Phi) is 5.91. The van der Waals surface area contributed by atoms with Crippen LogP contribution in [0.4, 0.5) is 5.69 Å². The lowest BCUT2D eigenvalue weighted by molar-refractivity contribution is -0.118. The molecule has 0 aliphatic carbocycles. The van der Waals surface area contributed by atoms with Crippen molar-refractivity contribution in [2.75, 3.05) is 19.0 Å². The number of fused-ring (bicyclic) bond motifs is 1. The molecule has 1 aromatic heterocycles. The van der Waals surface area contributed by atoms with Crippen molar-refractivity contribution in [2.45, 2.75) is 0 Å². The van der Waals surface area contributed by atoms with Gasteiger partial charge in [-0.05, 0) is 60.7 Å². The molecule has 4 aromatic rings. The highest BCUT2D eigenvalue weighted by molar-refractivity contribution is 6.30. The minimum absolute atomic E-state index is 0.0362. The van der Waals surface area contributed by atoms with Gasteiger partial charge >= 0.3 is 0 Å². The lowest BCUT2D eigenvalue weighted by Crippen LogP contribution is -2.22. The van der Waals surface area contributed by atoms with Gasteiger partial charge in [0.05, 0.1) is 12.5 Å². The fourth-order valence-electron chi connectivity index (χ4n) is 3.06. The van der Waals surface area contributed by atoms with Crippen LogP contribution in [-0.4, -0.2) is 19.6 Å². The van der Waals surface area contributed by atoms with Crippen LogP contribution >= 0.6 is 11.6 Å². The van der Waals surface area contributed by atoms with Crippen molar-refractivity contribution in [1.29, 1.82) is 0 Å². The van der Waals surface area contributed by atoms with Crippen LogP contribution in [0.25, 0.3) is 22.3 Å². The molecule has 1 N–H and O–H groups in total. The normalized spacial score (nSPS) is 10.6. The molecule has 3 aromatic carbocycles. The summed E-state index contributed by atoms with van der Waals surface area (Å²) >= 11 is 5.98. The second kappa shape index (κ2) is 8.93. The van der Waals surface area contributed by atoms with Gasteiger partial charge in [-0.2, -0.15) is 0 Å². The second-order valence-corrected chi connectivity index (χ2v) is 7.09. The minimum Gasteiger partial charge on any atom is -0.497 e. The topological polar surface area (TPSA) is 77.8 Å². The lowest BCUT2D eigenvalue weighted by Gasteiger charge is -2.12. The van der Waals surface area contributed by atoms with Crippen molar-refractivity contribution in [3.05, 3.63) is 88.0 Å². The summed E-state index contributed by atoms with van der Waals surface area (Å²) in [4.78, 5) is 25.5. The molecule has 0 fully saturated rings. The first-order valence-electron chi connectivity index (χ1n) is 9.43. The molecule has 1 amide bonds. The van der Waals surface area contributed by atoms with Gasteiger partial charge in [-0.1, -0.05) is 23.7 Å². The zero-order valence-electron chi connectivity index (χ0n) is 16.6. The first kappa shape index (κ1) is 20.5. The number of halogens is 1. The monoisotopic (exact) mass is 435 g/mol. The molecule has 1 heterocycles. The maximum atomic E-state index is 13.1. The van der Waals surface area contributed by atoms with Crippen LogP contribution in [0.2, 0.25) is 5.02 Å². The number of nitrogens with one attached hydrogen (secondary N) is 1. The molecule has 0 bridgehead atoms. The SMILES string of the molecule is COc1ccc(NC(=O)COc2c(-c3ccc(Cl)cc3)oc3ccccc3c2=O)cc1. The Balaban J connectivity index is 1.63. The number of hydrogen-bond donors (Lipinski definition) is 1. The van der Waals surface area contributed by atoms with Crippen LogP contribution in [0.15, 0.2) is 82.0 Å². The summed E-state index contributed by atoms with van der Waals surface area (Å²) in [6.45, 7) is -0.365. The minimum atomic E-state index is -0.417. The van der Waals surface area contributed by atoms with E-state index in [4.69, 9.17) is 25.5 Å². The molecule has 31 heavy (non-hydrogen) atoms. The number of hydrogen-bond acceptors (Lipinski definition) is 5. The molecule has 0 saturated heterocycles. The molecule has 0 aliphatic rings. The first-order valence-corrected chi connectivity index (χ1v) is 9.81. The predicted octanol–water partition coefficient (Wildman–Crippen LogP) is 5.14. The van der Waals surface area contributed by atoms with Gasteiger partial charge in [-0.3, -0.25) is 9.59 Å². The number of anilines is 1. The summed E-state index contributed by atoms with van der Waals surface area (Å²) in [5.41, 5.74) is 1.26. The third-order valence-electron chi connectivity index (χ3n) is 4.58. The number of amides is 1. The number of benzene rings is 3. The molecule has 4 rings (SSSR count). The van der Waals surface area contributed by atoms with Gasteiger partial charge in [-0.15, -0.1) is 0 Å². The zero-order chi connectivity index (χ0) is 21.8. The molecule has 7 heteroatoms. The van der Waals surface area contributed by atoms with Gasteiger partial charge in [0.1, 0.15) is 11.3 Å². The van der Waals surface area contributed by atoms with Crippen molar-refractivity contribution in [1.82, 2.24) is 0 Å². The van der Waals surface area contributed by atoms with E-state index in [9.17, 15) is 9.59 Å². The van der Waals surface area contributed by atoms with Gasteiger partial charge in [0, 0.05) is 16.3 Å². The number of methoxy groups -OCH3 is 1. The van der Waals surface area contributed by atoms with E-state index in [1.54, 1.807) is 79.9 Å². The summed E-state index contributed by atoms with van der Waals surface area (Å²) in [5, 5.41) is 3.63. The van der Waals surface area contributed by atoms with Crippen molar-refractivity contribution in [3.63, 3.8) is 0 Å². The van der Waals surface area contributed by atoms with Gasteiger partial charge < -0.3 is 19.2 Å². The van der Waals surface area contributed by atoms with Crippen LogP contribution in [0, 0.1) is 0 Å². The number of carbonyl (C=O) groups is 1. The maximum Gasteiger partial charge on any atom is 0.262 e. The molecule has 0 aliphatic heterocycles. The first-order chi connectivity index (χ1) is 15.0. The Hall–Kier alpha value is -3.77. The predicted molar refractivity (Wildman–Crippen MR) is 120 cm³/mol. The standard InChI is InChI=1S/C24H18ClNO5/c1-29-18-12-10-17(11-13-18)26-21(27)14-30-24-22(28)19-4-2-3-5-20(19)31-23(24)15-6-8-16(25)9-7-15/h2-13H,14H2,1H3,(H,26,27). The molecular formula is C24H18ClNO5. The molecule has 0 spiro atoms. The largest absolute Gasteiger partial charge is 0.497 e. The maximum absolute atomic E-state index is 13.1. The quantitative estimate of drug-likeness (QED) is 0.453. The Morgan fingerprint density at radius 3 is 2.42 bits per heavy atom. The van der Waals surface area contributed by atoms with E-state index in [-0.39, 0.29) is 23.5 Å². The summed E-state index contributed by atoms with van der Waals surface area (Å²) in [6.07, 6.45) is 0. The van der Waals surface area contributed by atoms with E-state index < -0.39 is 5.91 Å². The van der Waals surface area contributed by atoms with Crippen LogP contribution < -0.4 is 20.2 Å². The number of ether oxygens (including phenoxy) is 2. The average molecular weight is 436 g/mol. The molecule has 0 saturated carbocycles. The molecule has 0 unspecified atom stereocenters. The summed E-state index contributed by atoms with van der Waals surface area (Å²) in [5.74, 6) is 0.457. The van der Waals surface area contributed by atoms with Crippen LogP contribution in [-0.2, 0) is 4.79 Å². The molecule has 0 atom stereocenters. The third-order valence-corrected chi connectivity index (χ3v) is 4.84. The zero-order valence-corrected chi connectivity index (χ0v) is 17.3. The van der Waals surface area contributed by atoms with E-state index in [0.717, 1.165) is 0 Å². The van der Waals surface area contributed by atoms with Gasteiger partial charge in [0.2, 0.25) is 11.2 Å². The van der Waals surface area contributed by atoms with Crippen molar-refractivity contribution < 1.29 is 18.7 Å². The summed E-state index contributed by atoms with van der Waals surface area (Å²) in [6, 6.07) is 20.6. The van der Waals surface area contributed by atoms with Gasteiger partial charge in [-0.25, -0.2) is 0 Å². The Labute approximate surface area is 183 Å². The van der Waals surface area contributed by atoms with E-state index in [1.165, 1.54) is 0 Å². The van der Waals surface area contributed by atoms with E-state index in [1.807, 2.05) is 0 Å². The fraction of sp³-hybridized carbons (Fsp3) is 0.0833. The highest BCUT2D eigenvalue weighted by Gasteiger charge is 2.19. The highest BCUT2D eigenvalue weighted by atomic mass is 35.5. The summed E-state index contributed by atoms with van der Waals surface area (Å²) in [7, 11) is 1.56. The second-order valence-electron chi connectivity index (χ2n) is 6.66. The molecule has 0 radical (unpaired) electrons. The molecule has 6 nitrogen and oxygen atoms in total. The average Bonchev–Trinajstić information content (AvgIpc) is 2.79. The molecular weight excluding hydrogens is 418 g/mol. The number of rotatable bonds is 6. The Bertz CT molecular complexity index is 1280. The van der Waals surface area contributed by atoms with Crippen LogP contribution in [0.1, 0.15) is 0 Å². The lowest BCUT2D eigenvalue weighted by atomic mass is 10.1. The van der Waals surface area contributed by atoms with Crippen molar-refractivity contribution in [2.24, 2.45) is 0 Å². The van der Waals surface area contributed by atoms with E-state index in [2.05, 4.69) is 5.32 Å². The van der Waals surface area contributed by atoms with Crippen molar-refractivity contribution in [3.8, 4) is 22.8 Å². The third kappa shape index (κ3) is 4.54. The number of carbonyl (C=O) groups excluding carboxylic acids is 1. The van der Waals surface area contributed by atoms with Crippen LogP contribution in [0.5, 0.6) is 11.5 Å². The van der Waals surface area contributed by atoms with E-state index in [0.29, 0.717) is 33.0 Å². The Morgan fingerprint density at radius 2 is 1.71 bits per heavy atom. The fourth-order valence-corrected chi connectivity index (χ4v) is 3.18. The smallest absolute Gasteiger partial charge is 0.262 e. The highest BCUT2D eigenvalue weighted by Crippen LogP contribution is 2.31. The van der Waals surface area contributed by atoms with Crippen LogP contribution in [0.3, 0.4) is 0 Å². The summed E-state index contributed by atoms with van der Waals surface area (Å²) < 4.78 is 16.7. The Morgan fingerprint density at radius 1 is 1.00 bits per heavy atom. The van der Waals surface area contributed by atoms with Crippen molar-refractivity contribution >= 4 is 34.2 Å². The van der Waals surface area contributed by atoms with Gasteiger partial charge in [0.25, 0.3) is 5.91 Å². The number of para-hydroxylation sites is 1. The van der Waals surface area contributed by atoms with E-state index >= 15 is 0 Å². The van der Waals surface area contributed by atoms with Gasteiger partial charge in [0.15, 0.2) is 12.4 Å².